The van der Waals surface area contributed by atoms with E-state index in [0.29, 0.717) is 11.3 Å². The average Bonchev–Trinajstić information content (AvgIpc) is 2.84. The molecule has 0 bridgehead atoms. The third kappa shape index (κ3) is 4.88. The van der Waals surface area contributed by atoms with E-state index in [1.54, 1.807) is 36.4 Å². The number of carbonyl (C=O) groups excluding carboxylic acids is 1. The summed E-state index contributed by atoms with van der Waals surface area (Å²) in [6, 6.07) is 17.9. The third-order valence-electron chi connectivity index (χ3n) is 4.81. The van der Waals surface area contributed by atoms with E-state index in [0.717, 1.165) is 6.07 Å². The molecule has 34 heavy (non-hydrogen) atoms. The molecule has 9 heteroatoms. The summed E-state index contributed by atoms with van der Waals surface area (Å²) in [5, 5.41) is -0.146. The second-order valence-corrected chi connectivity index (χ2v) is 7.10. The molecule has 6 nitrogen and oxygen atoms in total. The number of rotatable bonds is 7. The van der Waals surface area contributed by atoms with Crippen molar-refractivity contribution >= 4 is 16.8 Å². The van der Waals surface area contributed by atoms with E-state index in [1.807, 2.05) is 0 Å². The van der Waals surface area contributed by atoms with Crippen LogP contribution in [0, 0.1) is 0 Å². The van der Waals surface area contributed by atoms with Crippen LogP contribution in [-0.4, -0.2) is 19.5 Å². The molecule has 0 spiro atoms. The lowest BCUT2D eigenvalue weighted by Crippen LogP contribution is -2.16. The van der Waals surface area contributed by atoms with Crippen LogP contribution in [0.5, 0.6) is 23.0 Å². The molecule has 4 rings (SSSR count). The Morgan fingerprint density at radius 3 is 2.35 bits per heavy atom. The largest absolute Gasteiger partial charge is 0.497 e. The number of hydrogen-bond acceptors (Lipinski definition) is 6. The van der Waals surface area contributed by atoms with Gasteiger partial charge in [-0.3, -0.25) is 9.59 Å². The van der Waals surface area contributed by atoms with E-state index in [2.05, 4.69) is 0 Å². The zero-order valence-corrected chi connectivity index (χ0v) is 17.7. The molecule has 0 radical (unpaired) electrons. The van der Waals surface area contributed by atoms with Crippen LogP contribution in [0.3, 0.4) is 0 Å². The number of carbonyl (C=O) groups is 1. The minimum absolute atomic E-state index is 0.0316. The predicted octanol–water partition coefficient (Wildman–Crippen LogP) is 5.87. The second kappa shape index (κ2) is 9.30. The Morgan fingerprint density at radius 2 is 1.65 bits per heavy atom. The van der Waals surface area contributed by atoms with Crippen molar-refractivity contribution in [3.05, 3.63) is 94.3 Å². The first-order valence-corrected chi connectivity index (χ1v) is 9.97. The first-order chi connectivity index (χ1) is 16.3. The predicted molar refractivity (Wildman–Crippen MR) is 117 cm³/mol. The molecule has 0 amide bonds. The number of halogens is 3. The van der Waals surface area contributed by atoms with E-state index in [-0.39, 0.29) is 34.9 Å². The minimum atomic E-state index is -5.01. The maximum atomic E-state index is 13.7. The molecule has 0 unspecified atom stereocenters. The molecule has 0 atom stereocenters. The molecule has 0 aliphatic carbocycles. The Morgan fingerprint density at radius 1 is 0.912 bits per heavy atom. The van der Waals surface area contributed by atoms with Crippen molar-refractivity contribution in [2.24, 2.45) is 0 Å². The summed E-state index contributed by atoms with van der Waals surface area (Å²) >= 11 is 0. The number of methoxy groups -OCH3 is 1. The van der Waals surface area contributed by atoms with Crippen molar-refractivity contribution < 1.29 is 36.6 Å². The van der Waals surface area contributed by atoms with Crippen molar-refractivity contribution in [3.63, 3.8) is 0 Å². The molecule has 0 saturated heterocycles. The highest BCUT2D eigenvalue weighted by molar-refractivity contribution is 5.97. The van der Waals surface area contributed by atoms with Crippen LogP contribution in [0.2, 0.25) is 0 Å². The second-order valence-electron chi connectivity index (χ2n) is 7.10. The lowest BCUT2D eigenvalue weighted by atomic mass is 10.1. The molecule has 0 saturated carbocycles. The van der Waals surface area contributed by atoms with Crippen LogP contribution in [0.15, 0.2) is 82.0 Å². The smallest absolute Gasteiger partial charge is 0.453 e. The highest BCUT2D eigenvalue weighted by Gasteiger charge is 2.40. The fraction of sp³-hybridized carbons (Fsp3) is 0.120. The summed E-state index contributed by atoms with van der Waals surface area (Å²) in [6.07, 6.45) is -5.01. The average molecular weight is 470 g/mol. The lowest BCUT2D eigenvalue weighted by Gasteiger charge is -2.14. The van der Waals surface area contributed by atoms with Gasteiger partial charge in [-0.15, -0.1) is 0 Å². The van der Waals surface area contributed by atoms with Crippen LogP contribution >= 0.6 is 0 Å². The monoisotopic (exact) mass is 470 g/mol. The van der Waals surface area contributed by atoms with Crippen LogP contribution in [0.1, 0.15) is 16.1 Å². The Hall–Kier alpha value is -4.27. The summed E-state index contributed by atoms with van der Waals surface area (Å²) in [5.41, 5.74) is -0.947. The van der Waals surface area contributed by atoms with E-state index in [9.17, 15) is 22.8 Å². The van der Waals surface area contributed by atoms with Gasteiger partial charge in [-0.1, -0.05) is 36.4 Å². The Labute approximate surface area is 191 Å². The lowest BCUT2D eigenvalue weighted by molar-refractivity contribution is -0.154. The third-order valence-corrected chi connectivity index (χ3v) is 4.81. The van der Waals surface area contributed by atoms with Gasteiger partial charge in [0.1, 0.15) is 22.8 Å². The molecular weight excluding hydrogens is 453 g/mol. The van der Waals surface area contributed by atoms with Crippen molar-refractivity contribution in [1.29, 1.82) is 0 Å². The van der Waals surface area contributed by atoms with E-state index < -0.39 is 23.1 Å². The summed E-state index contributed by atoms with van der Waals surface area (Å²) < 4.78 is 62.0. The fourth-order valence-corrected chi connectivity index (χ4v) is 3.16. The molecule has 1 heterocycles. The van der Waals surface area contributed by atoms with Crippen LogP contribution < -0.4 is 19.6 Å². The molecule has 174 valence electrons. The highest BCUT2D eigenvalue weighted by Crippen LogP contribution is 2.39. The van der Waals surface area contributed by atoms with Gasteiger partial charge in [0.2, 0.25) is 11.2 Å². The standard InChI is InChI=1S/C25H17F3O6/c1-31-16-8-5-9-18(12-16)33-23-22(30)19-11-10-17(13-21(19)34-24(23)25(26,27)28)32-14-20(29)15-6-3-2-4-7-15/h2-13H,14H2,1H3. The summed E-state index contributed by atoms with van der Waals surface area (Å²) in [7, 11) is 1.39. The molecule has 0 N–H and O–H groups in total. The number of Topliss-reactive ketones (excluding diaryl/α,β-unsaturated/α-hetero) is 1. The van der Waals surface area contributed by atoms with Crippen molar-refractivity contribution in [2.45, 2.75) is 6.18 Å². The minimum Gasteiger partial charge on any atom is -0.497 e. The van der Waals surface area contributed by atoms with Gasteiger partial charge < -0.3 is 18.6 Å². The maximum Gasteiger partial charge on any atom is 0.453 e. The number of benzene rings is 3. The van der Waals surface area contributed by atoms with Crippen LogP contribution in [0.25, 0.3) is 11.0 Å². The van der Waals surface area contributed by atoms with Gasteiger partial charge in [0.25, 0.3) is 5.76 Å². The topological polar surface area (TPSA) is 75.0 Å². The number of hydrogen-bond donors (Lipinski definition) is 0. The van der Waals surface area contributed by atoms with Gasteiger partial charge >= 0.3 is 6.18 Å². The number of ether oxygens (including phenoxy) is 3. The fourth-order valence-electron chi connectivity index (χ4n) is 3.16. The highest BCUT2D eigenvalue weighted by atomic mass is 19.4. The van der Waals surface area contributed by atoms with Gasteiger partial charge in [-0.2, -0.15) is 13.2 Å². The first kappa shape index (κ1) is 22.9. The number of alkyl halides is 3. The molecule has 4 aromatic rings. The van der Waals surface area contributed by atoms with Crippen LogP contribution in [0.4, 0.5) is 13.2 Å². The zero-order chi connectivity index (χ0) is 24.3. The van der Waals surface area contributed by atoms with Gasteiger partial charge in [0.15, 0.2) is 12.4 Å². The quantitative estimate of drug-likeness (QED) is 0.314. The summed E-state index contributed by atoms with van der Waals surface area (Å²) in [6.45, 7) is -0.344. The van der Waals surface area contributed by atoms with E-state index in [1.165, 1.54) is 37.4 Å². The van der Waals surface area contributed by atoms with Crippen molar-refractivity contribution in [3.8, 4) is 23.0 Å². The Balaban J connectivity index is 1.68. The first-order valence-electron chi connectivity index (χ1n) is 9.97. The van der Waals surface area contributed by atoms with Gasteiger partial charge in [0.05, 0.1) is 12.5 Å². The summed E-state index contributed by atoms with van der Waals surface area (Å²) in [5.74, 6) is -2.54. The Kier molecular flexibility index (Phi) is 6.27. The molecule has 0 aliphatic rings. The summed E-state index contributed by atoms with van der Waals surface area (Å²) in [4.78, 5) is 25.1. The van der Waals surface area contributed by atoms with E-state index >= 15 is 0 Å². The zero-order valence-electron chi connectivity index (χ0n) is 17.7. The normalized spacial score (nSPS) is 11.3. The van der Waals surface area contributed by atoms with Crippen molar-refractivity contribution in [2.75, 3.05) is 13.7 Å². The molecule has 1 aromatic heterocycles. The molecule has 0 fully saturated rings. The van der Waals surface area contributed by atoms with Gasteiger partial charge in [-0.05, 0) is 24.3 Å². The molecular formula is C25H17F3O6. The van der Waals surface area contributed by atoms with E-state index in [4.69, 9.17) is 18.6 Å². The number of ketones is 1. The maximum absolute atomic E-state index is 13.7. The van der Waals surface area contributed by atoms with Crippen LogP contribution in [-0.2, 0) is 6.18 Å². The molecule has 0 aliphatic heterocycles. The number of fused-ring (bicyclic) bond motifs is 1. The van der Waals surface area contributed by atoms with Gasteiger partial charge in [-0.25, -0.2) is 0 Å². The van der Waals surface area contributed by atoms with Gasteiger partial charge in [0, 0.05) is 17.7 Å². The molecule has 3 aromatic carbocycles. The van der Waals surface area contributed by atoms with Crippen molar-refractivity contribution in [1.82, 2.24) is 0 Å². The Bertz CT molecular complexity index is 1390. The SMILES string of the molecule is COc1cccc(Oc2c(C(F)(F)F)oc3cc(OCC(=O)c4ccccc4)ccc3c2=O)c1.